The van der Waals surface area contributed by atoms with E-state index in [1.807, 2.05) is 4.90 Å². The first-order chi connectivity index (χ1) is 18.5. The average Bonchev–Trinajstić information content (AvgIpc) is 3.57. The molecule has 4 aliphatic rings. The minimum Gasteiger partial charge on any atom is -0.465 e. The molecular formula is C30H46N2O6. The Morgan fingerprint density at radius 2 is 1.84 bits per heavy atom. The molecule has 1 aliphatic carbocycles. The summed E-state index contributed by atoms with van der Waals surface area (Å²) in [5.41, 5.74) is -0.983. The Morgan fingerprint density at radius 1 is 1.08 bits per heavy atom. The molecule has 5 atom stereocenters. The third kappa shape index (κ3) is 5.57. The van der Waals surface area contributed by atoms with Crippen molar-refractivity contribution in [2.75, 3.05) is 26.3 Å². The van der Waals surface area contributed by atoms with Crippen molar-refractivity contribution in [3.05, 3.63) is 25.3 Å². The molecule has 1 N–H and O–H groups in total. The fraction of sp³-hybridized carbons (Fsp3) is 0.767. The number of rotatable bonds is 15. The van der Waals surface area contributed by atoms with Crippen molar-refractivity contribution < 1.29 is 29.0 Å². The summed E-state index contributed by atoms with van der Waals surface area (Å²) in [7, 11) is 0. The van der Waals surface area contributed by atoms with Crippen molar-refractivity contribution in [1.29, 1.82) is 0 Å². The lowest BCUT2D eigenvalue weighted by atomic mass is 9.70. The van der Waals surface area contributed by atoms with Gasteiger partial charge in [-0.1, -0.05) is 44.3 Å². The van der Waals surface area contributed by atoms with Gasteiger partial charge in [0.2, 0.25) is 11.8 Å². The highest BCUT2D eigenvalue weighted by Crippen LogP contribution is 2.59. The van der Waals surface area contributed by atoms with Crippen LogP contribution in [0.2, 0.25) is 0 Å². The number of esters is 1. The topological polar surface area (TPSA) is 96.4 Å². The molecule has 0 aromatic heterocycles. The first-order valence-corrected chi connectivity index (χ1v) is 14.8. The first-order valence-electron chi connectivity index (χ1n) is 14.8. The molecule has 2 bridgehead atoms. The molecule has 4 rings (SSSR count). The van der Waals surface area contributed by atoms with Crippen molar-refractivity contribution >= 4 is 17.8 Å². The van der Waals surface area contributed by atoms with Crippen LogP contribution in [-0.2, 0) is 23.9 Å². The number of aliphatic hydroxyl groups excluding tert-OH is 1. The second-order valence-electron chi connectivity index (χ2n) is 11.4. The Hall–Kier alpha value is -2.19. The van der Waals surface area contributed by atoms with Crippen LogP contribution < -0.4 is 0 Å². The molecule has 1 spiro atoms. The largest absolute Gasteiger partial charge is 0.465 e. The van der Waals surface area contributed by atoms with Gasteiger partial charge >= 0.3 is 5.97 Å². The van der Waals surface area contributed by atoms with E-state index >= 15 is 0 Å². The Balaban J connectivity index is 1.60. The van der Waals surface area contributed by atoms with Gasteiger partial charge in [-0.3, -0.25) is 14.4 Å². The lowest BCUT2D eigenvalue weighted by molar-refractivity contribution is -0.155. The van der Waals surface area contributed by atoms with Gasteiger partial charge in [0.25, 0.3) is 0 Å². The fourth-order valence-corrected chi connectivity index (χ4v) is 7.29. The number of carbonyl (C=O) groups excluding carboxylic acids is 3. The van der Waals surface area contributed by atoms with E-state index in [0.717, 1.165) is 57.8 Å². The summed E-state index contributed by atoms with van der Waals surface area (Å²) >= 11 is 0. The molecule has 2 amide bonds. The molecule has 0 aromatic rings. The lowest BCUT2D eigenvalue weighted by Gasteiger charge is -2.40. The van der Waals surface area contributed by atoms with Gasteiger partial charge in [0.15, 0.2) is 0 Å². The van der Waals surface area contributed by atoms with Crippen LogP contribution in [0, 0.1) is 11.8 Å². The Morgan fingerprint density at radius 3 is 2.55 bits per heavy atom. The lowest BCUT2D eigenvalue weighted by Crippen LogP contribution is -2.58. The van der Waals surface area contributed by atoms with Crippen LogP contribution in [0.3, 0.4) is 0 Å². The zero-order valence-electron chi connectivity index (χ0n) is 22.9. The third-order valence-corrected chi connectivity index (χ3v) is 9.03. The van der Waals surface area contributed by atoms with Crippen LogP contribution in [-0.4, -0.2) is 82.8 Å². The SMILES string of the molecule is C=CCCCOC(=O)[C@@H]1[C@H]2C(=O)N(CCCCCCO)C(C(=O)N(CC=C)C3CCCCC3)C23CC[C@H]1O3. The summed E-state index contributed by atoms with van der Waals surface area (Å²) in [5, 5.41) is 9.13. The second-order valence-corrected chi connectivity index (χ2v) is 11.4. The predicted molar refractivity (Wildman–Crippen MR) is 144 cm³/mol. The Bertz CT molecular complexity index is 871. The molecule has 38 heavy (non-hydrogen) atoms. The van der Waals surface area contributed by atoms with E-state index in [0.29, 0.717) is 32.4 Å². The molecule has 0 radical (unpaired) electrons. The number of nitrogens with zero attached hydrogens (tertiary/aromatic N) is 2. The van der Waals surface area contributed by atoms with Crippen molar-refractivity contribution in [1.82, 2.24) is 9.80 Å². The number of carbonyl (C=O) groups is 3. The molecular weight excluding hydrogens is 484 g/mol. The highest BCUT2D eigenvalue weighted by Gasteiger charge is 2.75. The highest BCUT2D eigenvalue weighted by atomic mass is 16.6. The van der Waals surface area contributed by atoms with Gasteiger partial charge in [0, 0.05) is 25.7 Å². The van der Waals surface area contributed by atoms with Crippen LogP contribution in [0.15, 0.2) is 25.3 Å². The number of hydrogen-bond donors (Lipinski definition) is 1. The van der Waals surface area contributed by atoms with E-state index in [1.54, 1.807) is 17.1 Å². The van der Waals surface area contributed by atoms with Gasteiger partial charge in [0.05, 0.1) is 24.5 Å². The zero-order chi connectivity index (χ0) is 27.1. The van der Waals surface area contributed by atoms with Gasteiger partial charge in [-0.25, -0.2) is 0 Å². The summed E-state index contributed by atoms with van der Waals surface area (Å²) in [5.74, 6) is -1.95. The molecule has 212 valence electrons. The van der Waals surface area contributed by atoms with Gasteiger partial charge in [-0.2, -0.15) is 0 Å². The molecule has 1 saturated carbocycles. The summed E-state index contributed by atoms with van der Waals surface area (Å²) in [6.07, 6.45) is 14.3. The minimum atomic E-state index is -0.983. The fourth-order valence-electron chi connectivity index (χ4n) is 7.29. The molecule has 8 nitrogen and oxygen atoms in total. The first kappa shape index (κ1) is 28.8. The Kier molecular flexibility index (Phi) is 10.0. The van der Waals surface area contributed by atoms with Crippen LogP contribution in [0.5, 0.6) is 0 Å². The number of fused-ring (bicyclic) bond motifs is 1. The molecule has 3 heterocycles. The number of allylic oxidation sites excluding steroid dienone is 1. The van der Waals surface area contributed by atoms with Crippen LogP contribution in [0.1, 0.15) is 83.5 Å². The van der Waals surface area contributed by atoms with Crippen molar-refractivity contribution in [3.63, 3.8) is 0 Å². The number of amides is 2. The van der Waals surface area contributed by atoms with E-state index in [9.17, 15) is 14.4 Å². The minimum absolute atomic E-state index is 0.0661. The molecule has 8 heteroatoms. The van der Waals surface area contributed by atoms with Gasteiger partial charge in [-0.05, 0) is 51.4 Å². The molecule has 4 fully saturated rings. The molecule has 0 aromatic carbocycles. The maximum absolute atomic E-state index is 14.4. The van der Waals surface area contributed by atoms with E-state index < -0.39 is 23.5 Å². The maximum atomic E-state index is 14.4. The number of aliphatic hydroxyl groups is 1. The number of unbranched alkanes of at least 4 members (excludes halogenated alkanes) is 4. The second kappa shape index (κ2) is 13.2. The van der Waals surface area contributed by atoms with E-state index in [2.05, 4.69) is 13.2 Å². The Labute approximate surface area is 227 Å². The highest BCUT2D eigenvalue weighted by molar-refractivity contribution is 5.98. The summed E-state index contributed by atoms with van der Waals surface area (Å²) < 4.78 is 12.2. The third-order valence-electron chi connectivity index (χ3n) is 9.03. The van der Waals surface area contributed by atoms with Crippen LogP contribution in [0.25, 0.3) is 0 Å². The van der Waals surface area contributed by atoms with Crippen molar-refractivity contribution in [3.8, 4) is 0 Å². The molecule has 3 saturated heterocycles. The standard InChI is InChI=1S/C30H46N2O6/c1-3-5-13-21-37-29(36)24-23-16-17-30(38-23)25(24)27(34)32(19-11-6-7-12-20-33)26(30)28(35)31(18-4-2)22-14-9-8-10-15-22/h3-4,22-26,33H,1-2,5-21H2/t23-,24+,25+,26?,30?/m1/s1. The maximum Gasteiger partial charge on any atom is 0.312 e. The van der Waals surface area contributed by atoms with E-state index in [-0.39, 0.29) is 43.1 Å². The quantitative estimate of drug-likeness (QED) is 0.197. The van der Waals surface area contributed by atoms with Gasteiger partial charge < -0.3 is 24.4 Å². The number of hydrogen-bond acceptors (Lipinski definition) is 6. The zero-order valence-corrected chi connectivity index (χ0v) is 22.9. The summed E-state index contributed by atoms with van der Waals surface area (Å²) in [4.78, 5) is 45.4. The molecule has 2 unspecified atom stereocenters. The van der Waals surface area contributed by atoms with E-state index in [1.165, 1.54) is 6.42 Å². The average molecular weight is 531 g/mol. The molecule has 3 aliphatic heterocycles. The number of likely N-dealkylation sites (tertiary alicyclic amines) is 1. The van der Waals surface area contributed by atoms with Crippen molar-refractivity contribution in [2.24, 2.45) is 11.8 Å². The monoisotopic (exact) mass is 530 g/mol. The van der Waals surface area contributed by atoms with Gasteiger partial charge in [0.1, 0.15) is 11.6 Å². The predicted octanol–water partition coefficient (Wildman–Crippen LogP) is 3.77. The smallest absolute Gasteiger partial charge is 0.312 e. The number of ether oxygens (including phenoxy) is 2. The van der Waals surface area contributed by atoms with Gasteiger partial charge in [-0.15, -0.1) is 13.2 Å². The van der Waals surface area contributed by atoms with Crippen LogP contribution in [0.4, 0.5) is 0 Å². The normalized spacial score (nSPS) is 30.3. The van der Waals surface area contributed by atoms with Crippen molar-refractivity contribution in [2.45, 2.75) is 107 Å². The summed E-state index contributed by atoms with van der Waals surface area (Å²) in [6.45, 7) is 8.94. The van der Waals surface area contributed by atoms with E-state index in [4.69, 9.17) is 14.6 Å². The van der Waals surface area contributed by atoms with Crippen LogP contribution >= 0.6 is 0 Å². The summed E-state index contributed by atoms with van der Waals surface area (Å²) in [6, 6.07) is -0.598.